The summed E-state index contributed by atoms with van der Waals surface area (Å²) in [5.74, 6) is -0.254. The van der Waals surface area contributed by atoms with E-state index in [0.29, 0.717) is 38.7 Å². The zero-order valence-corrected chi connectivity index (χ0v) is 20.9. The van der Waals surface area contributed by atoms with Crippen LogP contribution in [-0.4, -0.2) is 37.0 Å². The molecule has 0 atom stereocenters. The van der Waals surface area contributed by atoms with E-state index in [9.17, 15) is 18.8 Å². The number of aromatic nitrogens is 2. The van der Waals surface area contributed by atoms with Crippen molar-refractivity contribution < 1.29 is 13.5 Å². The molecule has 0 aliphatic carbocycles. The third-order valence-electron chi connectivity index (χ3n) is 5.03. The maximum absolute atomic E-state index is 11.4. The van der Waals surface area contributed by atoms with E-state index in [1.165, 1.54) is 24.3 Å². The third-order valence-corrected chi connectivity index (χ3v) is 6.70. The molecular weight excluding hydrogens is 502 g/mol. The van der Waals surface area contributed by atoms with Crippen LogP contribution in [0.15, 0.2) is 67.8 Å². The largest absolute Gasteiger partial charge is 0.504 e. The molecule has 0 unspecified atom stereocenters. The van der Waals surface area contributed by atoms with Crippen molar-refractivity contribution in [2.75, 3.05) is 19.0 Å². The molecule has 0 spiro atoms. The van der Waals surface area contributed by atoms with Crippen LogP contribution in [0.4, 0.5) is 27.8 Å². The molecule has 0 amide bonds. The van der Waals surface area contributed by atoms with Crippen molar-refractivity contribution in [2.24, 2.45) is 25.6 Å². The number of nitriles is 1. The van der Waals surface area contributed by atoms with Gasteiger partial charge in [-0.1, -0.05) is 0 Å². The highest BCUT2D eigenvalue weighted by atomic mass is 32.2. The van der Waals surface area contributed by atoms with Crippen molar-refractivity contribution in [3.63, 3.8) is 0 Å². The second-order valence-electron chi connectivity index (χ2n) is 7.73. The SMILES string of the molecule is Cc1nc2nsc(N=Nc3ccc(N(C)C)c(N=Nc4ccc(S(N)(=O)=O)cc4)c3O)c2cc1C#N. The molecule has 3 N–H and O–H groups in total. The van der Waals surface area contributed by atoms with E-state index in [1.807, 2.05) is 0 Å². The molecule has 0 aliphatic rings. The zero-order valence-electron chi connectivity index (χ0n) is 19.3. The topological polar surface area (TPSA) is 183 Å². The minimum absolute atomic E-state index is 0.0523. The van der Waals surface area contributed by atoms with Gasteiger partial charge in [-0.2, -0.15) is 14.7 Å². The lowest BCUT2D eigenvalue weighted by atomic mass is 10.2. The highest BCUT2D eigenvalue weighted by molar-refractivity contribution is 7.89. The number of nitrogens with zero attached hydrogens (tertiary/aromatic N) is 8. The molecule has 0 saturated heterocycles. The quantitative estimate of drug-likeness (QED) is 0.330. The number of nitrogens with two attached hydrogens (primary N) is 1. The standard InChI is InChI=1S/C22H19N9O3S2/c1-12-13(11-23)10-16-21(25-12)30-35-22(16)29-27-17-8-9-18(31(2)3)19(20(17)32)28-26-14-4-6-15(7-5-14)36(24,33)34/h4-10,32H,1-3H3,(H2,24,33,34). The Morgan fingerprint density at radius 1 is 1.08 bits per heavy atom. The van der Waals surface area contributed by atoms with Gasteiger partial charge < -0.3 is 10.0 Å². The van der Waals surface area contributed by atoms with E-state index in [4.69, 9.17) is 5.14 Å². The molecule has 2 heterocycles. The van der Waals surface area contributed by atoms with Crippen LogP contribution in [0.3, 0.4) is 0 Å². The molecule has 0 saturated carbocycles. The van der Waals surface area contributed by atoms with Gasteiger partial charge in [0.15, 0.2) is 22.1 Å². The van der Waals surface area contributed by atoms with Crippen LogP contribution in [0.25, 0.3) is 11.0 Å². The van der Waals surface area contributed by atoms with Crippen LogP contribution >= 0.6 is 11.5 Å². The van der Waals surface area contributed by atoms with Gasteiger partial charge in [-0.3, -0.25) is 0 Å². The zero-order chi connectivity index (χ0) is 26.0. The van der Waals surface area contributed by atoms with Crippen molar-refractivity contribution in [3.05, 3.63) is 53.7 Å². The number of sulfonamides is 1. The average molecular weight is 522 g/mol. The van der Waals surface area contributed by atoms with Gasteiger partial charge in [0.25, 0.3) is 0 Å². The van der Waals surface area contributed by atoms with Gasteiger partial charge >= 0.3 is 0 Å². The second kappa shape index (κ2) is 9.74. The number of phenolic OH excluding ortho intramolecular Hbond substituents is 1. The second-order valence-corrected chi connectivity index (χ2v) is 10.0. The van der Waals surface area contributed by atoms with Crippen molar-refractivity contribution in [2.45, 2.75) is 11.8 Å². The van der Waals surface area contributed by atoms with E-state index >= 15 is 0 Å². The van der Waals surface area contributed by atoms with Gasteiger partial charge in [0.2, 0.25) is 10.0 Å². The number of benzene rings is 2. The molecule has 4 aromatic rings. The van der Waals surface area contributed by atoms with Crippen LogP contribution in [-0.2, 0) is 10.0 Å². The van der Waals surface area contributed by atoms with E-state index in [1.54, 1.807) is 44.1 Å². The van der Waals surface area contributed by atoms with E-state index in [2.05, 4.69) is 35.9 Å². The number of rotatable bonds is 6. The lowest BCUT2D eigenvalue weighted by Gasteiger charge is -2.16. The Kier molecular flexibility index (Phi) is 6.71. The number of pyridine rings is 1. The first-order chi connectivity index (χ1) is 17.1. The Hall–Kier alpha value is -4.32. The summed E-state index contributed by atoms with van der Waals surface area (Å²) in [6, 6.07) is 12.5. The molecular formula is C22H19N9O3S2. The number of anilines is 1. The van der Waals surface area contributed by atoms with Gasteiger partial charge in [-0.15, -0.1) is 15.3 Å². The number of azo groups is 2. The number of aromatic hydroxyl groups is 1. The van der Waals surface area contributed by atoms with Crippen LogP contribution < -0.4 is 10.0 Å². The molecule has 2 aromatic carbocycles. The van der Waals surface area contributed by atoms with E-state index < -0.39 is 10.0 Å². The predicted molar refractivity (Wildman–Crippen MR) is 135 cm³/mol. The van der Waals surface area contributed by atoms with Gasteiger partial charge in [-0.05, 0) is 60.9 Å². The molecule has 182 valence electrons. The predicted octanol–water partition coefficient (Wildman–Crippen LogP) is 5.12. The summed E-state index contributed by atoms with van der Waals surface area (Å²) in [5.41, 5.74) is 2.65. The number of aryl methyl sites for hydroxylation is 1. The van der Waals surface area contributed by atoms with Crippen molar-refractivity contribution in [1.29, 1.82) is 5.26 Å². The Balaban J connectivity index is 1.70. The first-order valence-electron chi connectivity index (χ1n) is 10.2. The maximum Gasteiger partial charge on any atom is 0.238 e. The first-order valence-corrected chi connectivity index (χ1v) is 12.6. The molecule has 2 aromatic heterocycles. The van der Waals surface area contributed by atoms with Crippen molar-refractivity contribution >= 4 is 60.3 Å². The Bertz CT molecular complexity index is 1670. The molecule has 0 fully saturated rings. The Labute approximate surface area is 210 Å². The fourth-order valence-electron chi connectivity index (χ4n) is 3.15. The summed E-state index contributed by atoms with van der Waals surface area (Å²) in [4.78, 5) is 6.00. The van der Waals surface area contributed by atoms with Crippen molar-refractivity contribution in [1.82, 2.24) is 9.36 Å². The highest BCUT2D eigenvalue weighted by Crippen LogP contribution is 2.45. The summed E-state index contributed by atoms with van der Waals surface area (Å²) >= 11 is 1.07. The summed E-state index contributed by atoms with van der Waals surface area (Å²) in [7, 11) is -0.269. The van der Waals surface area contributed by atoms with Gasteiger partial charge in [0.1, 0.15) is 11.8 Å². The Morgan fingerprint density at radius 2 is 1.81 bits per heavy atom. The number of hydrogen-bond acceptors (Lipinski definition) is 12. The van der Waals surface area contributed by atoms with Crippen LogP contribution in [0, 0.1) is 18.3 Å². The highest BCUT2D eigenvalue weighted by Gasteiger charge is 2.16. The van der Waals surface area contributed by atoms with E-state index in [-0.39, 0.29) is 22.0 Å². The number of fused-ring (bicyclic) bond motifs is 1. The summed E-state index contributed by atoms with van der Waals surface area (Å²) in [6.07, 6.45) is 0. The monoisotopic (exact) mass is 521 g/mol. The minimum atomic E-state index is -3.83. The lowest BCUT2D eigenvalue weighted by molar-refractivity contribution is 0.477. The van der Waals surface area contributed by atoms with Crippen LogP contribution in [0.5, 0.6) is 5.75 Å². The van der Waals surface area contributed by atoms with Crippen LogP contribution in [0.2, 0.25) is 0 Å². The lowest BCUT2D eigenvalue weighted by Crippen LogP contribution is -2.11. The van der Waals surface area contributed by atoms with Crippen LogP contribution in [0.1, 0.15) is 11.3 Å². The van der Waals surface area contributed by atoms with Gasteiger partial charge in [-0.25, -0.2) is 18.5 Å². The molecule has 0 aliphatic heterocycles. The first kappa shape index (κ1) is 24.8. The minimum Gasteiger partial charge on any atom is -0.504 e. The van der Waals surface area contributed by atoms with E-state index in [0.717, 1.165) is 11.5 Å². The molecule has 0 bridgehead atoms. The number of hydrogen-bond donors (Lipinski definition) is 2. The summed E-state index contributed by atoms with van der Waals surface area (Å²) in [5, 5.41) is 43.0. The number of phenols is 1. The molecule has 0 radical (unpaired) electrons. The molecule has 4 rings (SSSR count). The fraction of sp³-hybridized carbons (Fsp3) is 0.136. The third kappa shape index (κ3) is 5.03. The fourth-order valence-corrected chi connectivity index (χ4v) is 4.30. The smallest absolute Gasteiger partial charge is 0.238 e. The maximum atomic E-state index is 11.4. The average Bonchev–Trinajstić information content (AvgIpc) is 3.22. The molecule has 12 nitrogen and oxygen atoms in total. The Morgan fingerprint density at radius 3 is 2.44 bits per heavy atom. The van der Waals surface area contributed by atoms with Gasteiger partial charge in [0.05, 0.1) is 32.9 Å². The normalized spacial score (nSPS) is 12.0. The molecule has 14 heteroatoms. The van der Waals surface area contributed by atoms with Gasteiger partial charge in [0, 0.05) is 14.1 Å². The van der Waals surface area contributed by atoms with Crippen molar-refractivity contribution in [3.8, 4) is 11.8 Å². The molecule has 36 heavy (non-hydrogen) atoms. The summed E-state index contributed by atoms with van der Waals surface area (Å²) < 4.78 is 27.1. The summed E-state index contributed by atoms with van der Waals surface area (Å²) in [6.45, 7) is 1.73. The number of primary sulfonamides is 1.